The first-order chi connectivity index (χ1) is 8.22. The normalized spacial score (nSPS) is 18.4. The van der Waals surface area contributed by atoms with Crippen LogP contribution in [0.1, 0.15) is 22.5 Å². The van der Waals surface area contributed by atoms with Gasteiger partial charge in [-0.1, -0.05) is 11.2 Å². The second-order valence-electron chi connectivity index (χ2n) is 4.07. The molecule has 2 rings (SSSR count). The summed E-state index contributed by atoms with van der Waals surface area (Å²) >= 11 is 1.46. The minimum absolute atomic E-state index is 0.0814. The quantitative estimate of drug-likeness (QED) is 0.361. The van der Waals surface area contributed by atoms with Gasteiger partial charge in [0.15, 0.2) is 0 Å². The number of rotatable bonds is 2. The molecule has 0 aromatic carbocycles. The molecule has 0 unspecified atom stereocenters. The molecule has 92 valence electrons. The number of amides is 1. The third-order valence-electron chi connectivity index (χ3n) is 3.05. The third-order valence-corrected chi connectivity index (χ3v) is 3.91. The summed E-state index contributed by atoms with van der Waals surface area (Å²) < 4.78 is 0. The number of oxime groups is 1. The van der Waals surface area contributed by atoms with Crippen LogP contribution in [0.25, 0.3) is 0 Å². The monoisotopic (exact) mass is 253 g/mol. The SMILES string of the molecule is NC(=NO)C1CCN(C(=O)c2cccs2)CC1. The second-order valence-corrected chi connectivity index (χ2v) is 5.02. The van der Waals surface area contributed by atoms with Crippen molar-refractivity contribution in [2.45, 2.75) is 12.8 Å². The van der Waals surface area contributed by atoms with Gasteiger partial charge in [-0.2, -0.15) is 0 Å². The number of hydrogen-bond donors (Lipinski definition) is 2. The smallest absolute Gasteiger partial charge is 0.263 e. The summed E-state index contributed by atoms with van der Waals surface area (Å²) in [7, 11) is 0. The maximum absolute atomic E-state index is 12.0. The highest BCUT2D eigenvalue weighted by Crippen LogP contribution is 2.20. The van der Waals surface area contributed by atoms with Crippen LogP contribution in [0.15, 0.2) is 22.7 Å². The van der Waals surface area contributed by atoms with E-state index in [1.807, 2.05) is 22.4 Å². The Kier molecular flexibility index (Phi) is 3.63. The summed E-state index contributed by atoms with van der Waals surface area (Å²) in [5, 5.41) is 13.5. The number of nitrogens with zero attached hydrogens (tertiary/aromatic N) is 2. The maximum Gasteiger partial charge on any atom is 0.263 e. The lowest BCUT2D eigenvalue weighted by Crippen LogP contribution is -2.41. The molecular formula is C11H15N3O2S. The molecule has 5 nitrogen and oxygen atoms in total. The van der Waals surface area contributed by atoms with E-state index < -0.39 is 0 Å². The summed E-state index contributed by atoms with van der Waals surface area (Å²) in [5.41, 5.74) is 5.56. The first kappa shape index (κ1) is 11.9. The fourth-order valence-corrected chi connectivity index (χ4v) is 2.71. The topological polar surface area (TPSA) is 78.9 Å². The highest BCUT2D eigenvalue weighted by atomic mass is 32.1. The van der Waals surface area contributed by atoms with Crippen molar-refractivity contribution < 1.29 is 10.0 Å². The zero-order valence-electron chi connectivity index (χ0n) is 9.37. The van der Waals surface area contributed by atoms with Crippen molar-refractivity contribution in [3.05, 3.63) is 22.4 Å². The van der Waals surface area contributed by atoms with Gasteiger partial charge in [0.25, 0.3) is 5.91 Å². The van der Waals surface area contributed by atoms with Crippen molar-refractivity contribution in [2.75, 3.05) is 13.1 Å². The van der Waals surface area contributed by atoms with Crippen LogP contribution in [0, 0.1) is 5.92 Å². The Morgan fingerprint density at radius 1 is 1.53 bits per heavy atom. The molecule has 2 heterocycles. The molecule has 1 fully saturated rings. The lowest BCUT2D eigenvalue weighted by molar-refractivity contribution is 0.0714. The van der Waals surface area contributed by atoms with E-state index >= 15 is 0 Å². The van der Waals surface area contributed by atoms with E-state index in [2.05, 4.69) is 5.16 Å². The molecule has 1 aromatic heterocycles. The number of thiophene rings is 1. The standard InChI is InChI=1S/C11H15N3O2S/c12-10(13-16)8-3-5-14(6-4-8)11(15)9-2-1-7-17-9/h1-2,7-8,16H,3-6H2,(H2,12,13). The number of piperidine rings is 1. The summed E-state index contributed by atoms with van der Waals surface area (Å²) in [6, 6.07) is 3.71. The van der Waals surface area contributed by atoms with Gasteiger partial charge in [0, 0.05) is 19.0 Å². The average molecular weight is 253 g/mol. The van der Waals surface area contributed by atoms with Crippen LogP contribution in [0.5, 0.6) is 0 Å². The molecule has 0 aliphatic carbocycles. The molecule has 0 atom stereocenters. The molecule has 3 N–H and O–H groups in total. The van der Waals surface area contributed by atoms with Gasteiger partial charge in [0.2, 0.25) is 0 Å². The van der Waals surface area contributed by atoms with Crippen molar-refractivity contribution in [1.29, 1.82) is 0 Å². The van der Waals surface area contributed by atoms with Crippen LogP contribution in [-0.4, -0.2) is 34.9 Å². The first-order valence-electron chi connectivity index (χ1n) is 5.52. The van der Waals surface area contributed by atoms with E-state index in [0.717, 1.165) is 17.7 Å². The maximum atomic E-state index is 12.0. The van der Waals surface area contributed by atoms with Gasteiger partial charge < -0.3 is 15.8 Å². The Labute approximate surface area is 104 Å². The van der Waals surface area contributed by atoms with Crippen LogP contribution in [0.4, 0.5) is 0 Å². The van der Waals surface area contributed by atoms with Crippen molar-refractivity contribution in [3.8, 4) is 0 Å². The zero-order chi connectivity index (χ0) is 12.3. The number of likely N-dealkylation sites (tertiary alicyclic amines) is 1. The number of nitrogens with two attached hydrogens (primary N) is 1. The highest BCUT2D eigenvalue weighted by Gasteiger charge is 2.26. The van der Waals surface area contributed by atoms with Crippen LogP contribution in [0.2, 0.25) is 0 Å². The molecule has 17 heavy (non-hydrogen) atoms. The van der Waals surface area contributed by atoms with Gasteiger partial charge in [0.1, 0.15) is 5.84 Å². The lowest BCUT2D eigenvalue weighted by atomic mass is 9.96. The van der Waals surface area contributed by atoms with Gasteiger partial charge in [-0.15, -0.1) is 11.3 Å². The largest absolute Gasteiger partial charge is 0.409 e. The molecule has 1 aliphatic heterocycles. The molecular weight excluding hydrogens is 238 g/mol. The van der Waals surface area contributed by atoms with E-state index in [1.165, 1.54) is 11.3 Å². The Bertz CT molecular complexity index is 408. The minimum Gasteiger partial charge on any atom is -0.409 e. The first-order valence-corrected chi connectivity index (χ1v) is 6.40. The molecule has 6 heteroatoms. The van der Waals surface area contributed by atoms with Crippen molar-refractivity contribution >= 4 is 23.1 Å². The Balaban J connectivity index is 1.93. The molecule has 0 radical (unpaired) electrons. The molecule has 1 saturated heterocycles. The van der Waals surface area contributed by atoms with E-state index in [1.54, 1.807) is 0 Å². The van der Waals surface area contributed by atoms with Gasteiger partial charge in [-0.25, -0.2) is 0 Å². The average Bonchev–Trinajstić information content (AvgIpc) is 2.91. The van der Waals surface area contributed by atoms with E-state index in [4.69, 9.17) is 10.9 Å². The Hall–Kier alpha value is -1.56. The van der Waals surface area contributed by atoms with Crippen LogP contribution in [0.3, 0.4) is 0 Å². The minimum atomic E-state index is 0.0814. The Morgan fingerprint density at radius 2 is 2.24 bits per heavy atom. The fourth-order valence-electron chi connectivity index (χ4n) is 2.02. The van der Waals surface area contributed by atoms with Crippen molar-refractivity contribution in [1.82, 2.24) is 4.90 Å². The molecule has 0 bridgehead atoms. The van der Waals surface area contributed by atoms with Crippen molar-refractivity contribution in [2.24, 2.45) is 16.8 Å². The summed E-state index contributed by atoms with van der Waals surface area (Å²) in [4.78, 5) is 14.6. The van der Waals surface area contributed by atoms with Crippen molar-refractivity contribution in [3.63, 3.8) is 0 Å². The second kappa shape index (κ2) is 5.18. The molecule has 0 spiro atoms. The van der Waals surface area contributed by atoms with Crippen LogP contribution < -0.4 is 5.73 Å². The van der Waals surface area contributed by atoms with Gasteiger partial charge in [-0.3, -0.25) is 4.79 Å². The summed E-state index contributed by atoms with van der Waals surface area (Å²) in [6.07, 6.45) is 1.51. The number of carbonyl (C=O) groups is 1. The van der Waals surface area contributed by atoms with E-state index in [-0.39, 0.29) is 17.7 Å². The van der Waals surface area contributed by atoms with Gasteiger partial charge in [0.05, 0.1) is 4.88 Å². The highest BCUT2D eigenvalue weighted by molar-refractivity contribution is 7.12. The Morgan fingerprint density at radius 3 is 2.76 bits per heavy atom. The molecule has 1 aliphatic rings. The van der Waals surface area contributed by atoms with Crippen LogP contribution >= 0.6 is 11.3 Å². The number of hydrogen-bond acceptors (Lipinski definition) is 4. The van der Waals surface area contributed by atoms with E-state index in [0.29, 0.717) is 13.1 Å². The van der Waals surface area contributed by atoms with E-state index in [9.17, 15) is 4.79 Å². The molecule has 1 aromatic rings. The number of carbonyl (C=O) groups excluding carboxylic acids is 1. The zero-order valence-corrected chi connectivity index (χ0v) is 10.2. The molecule has 0 saturated carbocycles. The van der Waals surface area contributed by atoms with Crippen LogP contribution in [-0.2, 0) is 0 Å². The predicted octanol–water partition coefficient (Wildman–Crippen LogP) is 1.35. The molecule has 1 amide bonds. The summed E-state index contributed by atoms with van der Waals surface area (Å²) in [5.74, 6) is 0.443. The lowest BCUT2D eigenvalue weighted by Gasteiger charge is -2.31. The summed E-state index contributed by atoms with van der Waals surface area (Å²) in [6.45, 7) is 1.33. The number of amidine groups is 1. The predicted molar refractivity (Wildman–Crippen MR) is 66.4 cm³/mol. The third kappa shape index (κ3) is 2.58. The van der Waals surface area contributed by atoms with Gasteiger partial charge in [-0.05, 0) is 24.3 Å². The fraction of sp³-hybridized carbons (Fsp3) is 0.455. The van der Waals surface area contributed by atoms with Gasteiger partial charge >= 0.3 is 0 Å².